The molecule has 4 atom stereocenters. The van der Waals surface area contributed by atoms with E-state index in [0.29, 0.717) is 6.01 Å². The molecule has 2 aliphatic rings. The van der Waals surface area contributed by atoms with Crippen LogP contribution in [0.3, 0.4) is 0 Å². The molecule has 6 nitrogen and oxygen atoms in total. The Labute approximate surface area is 148 Å². The number of nitrogens with one attached hydrogen (secondary N) is 4. The fourth-order valence-corrected chi connectivity index (χ4v) is 4.17. The van der Waals surface area contributed by atoms with Gasteiger partial charge in [0.25, 0.3) is 0 Å². The number of guanidine groups is 1. The highest BCUT2D eigenvalue weighted by Crippen LogP contribution is 2.33. The first-order chi connectivity index (χ1) is 12.2. The molecule has 0 radical (unpaired) electrons. The maximum absolute atomic E-state index is 5.72. The molecule has 0 amide bonds. The molecule has 1 unspecified atom stereocenters. The van der Waals surface area contributed by atoms with Crippen molar-refractivity contribution in [3.63, 3.8) is 0 Å². The lowest BCUT2D eigenvalue weighted by Crippen LogP contribution is -3.24. The van der Waals surface area contributed by atoms with Crippen LogP contribution in [0, 0.1) is 17.8 Å². The average molecular weight is 343 g/mol. The second-order valence-electron chi connectivity index (χ2n) is 7.68. The van der Waals surface area contributed by atoms with Crippen LogP contribution in [0.5, 0.6) is 0 Å². The number of hydrogen-bond donors (Lipinski definition) is 4. The van der Waals surface area contributed by atoms with E-state index in [9.17, 15) is 0 Å². The third-order valence-electron chi connectivity index (χ3n) is 5.98. The molecule has 6 heteroatoms. The van der Waals surface area contributed by atoms with Gasteiger partial charge in [0.05, 0.1) is 6.54 Å². The van der Waals surface area contributed by atoms with Gasteiger partial charge in [-0.15, -0.1) is 0 Å². The van der Waals surface area contributed by atoms with Crippen LogP contribution in [0.15, 0.2) is 28.7 Å². The molecule has 0 spiro atoms. The smallest absolute Gasteiger partial charge is 0.365 e. The van der Waals surface area contributed by atoms with E-state index in [1.807, 2.05) is 24.3 Å². The molecule has 1 aromatic carbocycles. The molecule has 1 saturated carbocycles. The second-order valence-corrected chi connectivity index (χ2v) is 7.68. The van der Waals surface area contributed by atoms with Crippen LogP contribution in [0.2, 0.25) is 0 Å². The topological polar surface area (TPSA) is 68.5 Å². The standard InChI is InChI=1S/C19H27N5O/c1-13-6-5-7-15(14(13)2)10-24-11-20-18(21-12-24)23-19-22-16-8-3-4-9-17(16)25-19/h3-4,8-9,13-15H,5-7,10-12H2,1-2H3,(H2,20,21,22,23)/p+2/t13-,14-,15-/m1/s1. The summed E-state index contributed by atoms with van der Waals surface area (Å²) in [6.07, 6.45) is 4.17. The van der Waals surface area contributed by atoms with E-state index >= 15 is 0 Å². The van der Waals surface area contributed by atoms with Crippen molar-refractivity contribution in [1.29, 1.82) is 0 Å². The lowest BCUT2D eigenvalue weighted by atomic mass is 9.74. The molecule has 1 aliphatic heterocycles. The third kappa shape index (κ3) is 3.63. The monoisotopic (exact) mass is 343 g/mol. The summed E-state index contributed by atoms with van der Waals surface area (Å²) in [5.74, 6) is 3.42. The van der Waals surface area contributed by atoms with E-state index < -0.39 is 0 Å². The van der Waals surface area contributed by atoms with E-state index in [2.05, 4.69) is 34.5 Å². The van der Waals surface area contributed by atoms with Crippen molar-refractivity contribution in [1.82, 2.24) is 10.3 Å². The van der Waals surface area contributed by atoms with Gasteiger partial charge >= 0.3 is 12.0 Å². The average Bonchev–Trinajstić information content (AvgIpc) is 3.03. The fourth-order valence-electron chi connectivity index (χ4n) is 4.17. The maximum Gasteiger partial charge on any atom is 0.365 e. The Morgan fingerprint density at radius 3 is 3.00 bits per heavy atom. The quantitative estimate of drug-likeness (QED) is 0.641. The summed E-state index contributed by atoms with van der Waals surface area (Å²) in [6, 6.07) is 8.32. The van der Waals surface area contributed by atoms with Crippen LogP contribution in [0.25, 0.3) is 11.1 Å². The molecule has 4 N–H and O–H groups in total. The summed E-state index contributed by atoms with van der Waals surface area (Å²) < 4.78 is 5.72. The normalized spacial score (nSPS) is 29.9. The number of fused-ring (bicyclic) bond motifs is 1. The Kier molecular flexibility index (Phi) is 4.61. The van der Waals surface area contributed by atoms with Crippen molar-refractivity contribution >= 4 is 23.1 Å². The van der Waals surface area contributed by atoms with Crippen molar-refractivity contribution in [3.05, 3.63) is 24.3 Å². The van der Waals surface area contributed by atoms with E-state index in [4.69, 9.17) is 4.42 Å². The molecule has 134 valence electrons. The van der Waals surface area contributed by atoms with Crippen molar-refractivity contribution in [2.75, 3.05) is 25.2 Å². The fraction of sp³-hybridized carbons (Fsp3) is 0.579. The molecule has 1 aliphatic carbocycles. The Morgan fingerprint density at radius 2 is 2.20 bits per heavy atom. The molecule has 4 rings (SSSR count). The Morgan fingerprint density at radius 1 is 1.32 bits per heavy atom. The van der Waals surface area contributed by atoms with Gasteiger partial charge in [0.2, 0.25) is 0 Å². The predicted molar refractivity (Wildman–Crippen MR) is 98.0 cm³/mol. The van der Waals surface area contributed by atoms with E-state index in [1.54, 1.807) is 4.90 Å². The first kappa shape index (κ1) is 16.4. The van der Waals surface area contributed by atoms with Crippen LogP contribution < -0.4 is 20.5 Å². The number of anilines is 1. The van der Waals surface area contributed by atoms with Crippen LogP contribution in [0.4, 0.5) is 6.01 Å². The van der Waals surface area contributed by atoms with Crippen LogP contribution >= 0.6 is 0 Å². The molecular formula is C19H29N5O+2. The van der Waals surface area contributed by atoms with Gasteiger partial charge in [0, 0.05) is 5.92 Å². The van der Waals surface area contributed by atoms with E-state index in [0.717, 1.165) is 48.2 Å². The SMILES string of the molecule is C[C@H]1[C@@H](C[NH+]2CNC(Nc3nc4ccccc4o3)=[NH+]C2)CCC[C@H]1C. The number of aromatic nitrogens is 1. The molecule has 0 bridgehead atoms. The number of benzene rings is 1. The Hall–Kier alpha value is -2.08. The number of hydrogen-bond acceptors (Lipinski definition) is 4. The minimum absolute atomic E-state index is 0.523. The molecule has 2 heterocycles. The zero-order valence-corrected chi connectivity index (χ0v) is 15.1. The van der Waals surface area contributed by atoms with Gasteiger partial charge in [-0.05, 0) is 30.4 Å². The summed E-state index contributed by atoms with van der Waals surface area (Å²) in [5, 5.41) is 6.65. The van der Waals surface area contributed by atoms with Gasteiger partial charge in [-0.3, -0.25) is 4.90 Å². The summed E-state index contributed by atoms with van der Waals surface area (Å²) in [7, 11) is 0. The lowest BCUT2D eigenvalue weighted by Gasteiger charge is -2.35. The van der Waals surface area contributed by atoms with Gasteiger partial charge in [0.1, 0.15) is 5.52 Å². The lowest BCUT2D eigenvalue weighted by molar-refractivity contribution is -0.983. The van der Waals surface area contributed by atoms with Crippen molar-refractivity contribution in [3.8, 4) is 0 Å². The number of oxazole rings is 1. The second kappa shape index (κ2) is 7.04. The van der Waals surface area contributed by atoms with E-state index in [1.165, 1.54) is 25.8 Å². The summed E-state index contributed by atoms with van der Waals surface area (Å²) >= 11 is 0. The van der Waals surface area contributed by atoms with Gasteiger partial charge in [0.15, 0.2) is 18.9 Å². The molecule has 1 fully saturated rings. The van der Waals surface area contributed by atoms with Crippen LogP contribution in [-0.4, -0.2) is 30.8 Å². The van der Waals surface area contributed by atoms with Crippen molar-refractivity contribution in [2.24, 2.45) is 17.8 Å². The minimum atomic E-state index is 0.523. The number of rotatable bonds is 3. The zero-order valence-electron chi connectivity index (χ0n) is 15.1. The molecular weight excluding hydrogens is 314 g/mol. The van der Waals surface area contributed by atoms with Crippen LogP contribution in [0.1, 0.15) is 33.1 Å². The van der Waals surface area contributed by atoms with Gasteiger partial charge < -0.3 is 4.42 Å². The van der Waals surface area contributed by atoms with Gasteiger partial charge in [-0.2, -0.15) is 10.3 Å². The van der Waals surface area contributed by atoms with Crippen LogP contribution in [-0.2, 0) is 0 Å². The summed E-state index contributed by atoms with van der Waals surface area (Å²) in [4.78, 5) is 9.45. The van der Waals surface area contributed by atoms with E-state index in [-0.39, 0.29) is 0 Å². The Balaban J connectivity index is 1.34. The molecule has 2 aromatic rings. The van der Waals surface area contributed by atoms with Crippen molar-refractivity contribution in [2.45, 2.75) is 33.1 Å². The predicted octanol–water partition coefficient (Wildman–Crippen LogP) is 0.152. The van der Waals surface area contributed by atoms with Gasteiger partial charge in [-0.25, -0.2) is 10.3 Å². The molecule has 1 aromatic heterocycles. The summed E-state index contributed by atoms with van der Waals surface area (Å²) in [6.45, 7) is 7.93. The maximum atomic E-state index is 5.72. The largest absolute Gasteiger partial charge is 0.412 e. The first-order valence-electron chi connectivity index (χ1n) is 9.50. The third-order valence-corrected chi connectivity index (χ3v) is 5.98. The highest BCUT2D eigenvalue weighted by atomic mass is 16.4. The van der Waals surface area contributed by atoms with Gasteiger partial charge in [-0.1, -0.05) is 38.8 Å². The minimum Gasteiger partial charge on any atom is -0.412 e. The number of quaternary nitrogens is 1. The zero-order chi connectivity index (χ0) is 17.2. The molecule has 25 heavy (non-hydrogen) atoms. The summed E-state index contributed by atoms with van der Waals surface area (Å²) in [5.41, 5.74) is 1.67. The number of nitrogens with zero attached hydrogens (tertiary/aromatic N) is 1. The molecule has 0 saturated heterocycles. The highest BCUT2D eigenvalue weighted by molar-refractivity contribution is 5.88. The first-order valence-corrected chi connectivity index (χ1v) is 9.50. The Bertz CT molecular complexity index is 722. The van der Waals surface area contributed by atoms with Crippen molar-refractivity contribution < 1.29 is 14.3 Å². The number of para-hydroxylation sites is 2. The highest BCUT2D eigenvalue weighted by Gasteiger charge is 2.32.